The van der Waals surface area contributed by atoms with Crippen LogP contribution in [0.25, 0.3) is 0 Å². The van der Waals surface area contributed by atoms with Gasteiger partial charge in [-0.25, -0.2) is 4.39 Å². The van der Waals surface area contributed by atoms with E-state index in [1.165, 1.54) is 12.5 Å². The number of nitrogens with zero attached hydrogens (tertiary/aromatic N) is 1. The van der Waals surface area contributed by atoms with Gasteiger partial charge in [0, 0.05) is 13.1 Å². The fraction of sp³-hybridized carbons (Fsp3) is 0.500. The summed E-state index contributed by atoms with van der Waals surface area (Å²) >= 11 is 0. The average molecular weight is 235 g/mol. The van der Waals surface area contributed by atoms with Crippen LogP contribution >= 0.6 is 0 Å². The molecule has 1 atom stereocenters. The molecule has 0 saturated carbocycles. The maximum atomic E-state index is 13.4. The first-order chi connectivity index (χ1) is 8.16. The first kappa shape index (κ1) is 12.1. The summed E-state index contributed by atoms with van der Waals surface area (Å²) in [6, 6.07) is 6.50. The number of carbonyl (C=O) groups excluding carboxylic acids is 1. The largest absolute Gasteiger partial charge is 0.342 e. The molecule has 0 bridgehead atoms. The summed E-state index contributed by atoms with van der Waals surface area (Å²) in [5, 5.41) is 0. The monoisotopic (exact) mass is 235 g/mol. The van der Waals surface area contributed by atoms with Gasteiger partial charge in [0.1, 0.15) is 5.82 Å². The number of halogens is 1. The number of hydrogen-bond acceptors (Lipinski definition) is 1. The van der Waals surface area contributed by atoms with E-state index in [1.54, 1.807) is 18.2 Å². The summed E-state index contributed by atoms with van der Waals surface area (Å²) in [6.07, 6.45) is 2.42. The van der Waals surface area contributed by atoms with Crippen molar-refractivity contribution in [3.63, 3.8) is 0 Å². The minimum absolute atomic E-state index is 0.0432. The van der Waals surface area contributed by atoms with E-state index < -0.39 is 0 Å². The lowest BCUT2D eigenvalue weighted by atomic mass is 9.99. The van der Waals surface area contributed by atoms with Crippen LogP contribution in [0.15, 0.2) is 24.3 Å². The van der Waals surface area contributed by atoms with Gasteiger partial charge in [0.2, 0.25) is 5.91 Å². The molecule has 1 unspecified atom stereocenters. The predicted molar refractivity (Wildman–Crippen MR) is 65.1 cm³/mol. The van der Waals surface area contributed by atoms with Gasteiger partial charge in [0.15, 0.2) is 0 Å². The second kappa shape index (κ2) is 5.30. The second-order valence-corrected chi connectivity index (χ2v) is 4.86. The average Bonchev–Trinajstić information content (AvgIpc) is 2.32. The molecular formula is C14H18FNO. The van der Waals surface area contributed by atoms with Crippen molar-refractivity contribution in [1.82, 2.24) is 4.90 Å². The topological polar surface area (TPSA) is 20.3 Å². The third-order valence-corrected chi connectivity index (χ3v) is 3.31. The zero-order chi connectivity index (χ0) is 12.3. The number of amides is 1. The van der Waals surface area contributed by atoms with Crippen molar-refractivity contribution in [1.29, 1.82) is 0 Å². The maximum Gasteiger partial charge on any atom is 0.227 e. The van der Waals surface area contributed by atoms with Crippen molar-refractivity contribution in [2.45, 2.75) is 26.2 Å². The molecule has 1 aliphatic heterocycles. The van der Waals surface area contributed by atoms with E-state index in [-0.39, 0.29) is 18.1 Å². The van der Waals surface area contributed by atoms with E-state index >= 15 is 0 Å². The Morgan fingerprint density at radius 1 is 1.47 bits per heavy atom. The minimum Gasteiger partial charge on any atom is -0.342 e. The van der Waals surface area contributed by atoms with E-state index in [4.69, 9.17) is 0 Å². The van der Waals surface area contributed by atoms with E-state index in [0.29, 0.717) is 11.5 Å². The first-order valence-corrected chi connectivity index (χ1v) is 6.18. The molecule has 2 rings (SSSR count). The van der Waals surface area contributed by atoms with Crippen LogP contribution in [0.5, 0.6) is 0 Å². The summed E-state index contributed by atoms with van der Waals surface area (Å²) < 4.78 is 13.4. The van der Waals surface area contributed by atoms with Gasteiger partial charge in [0.05, 0.1) is 6.42 Å². The normalized spacial score (nSPS) is 20.4. The molecule has 0 spiro atoms. The van der Waals surface area contributed by atoms with E-state index in [9.17, 15) is 9.18 Å². The Kier molecular flexibility index (Phi) is 3.77. The number of rotatable bonds is 2. The Balaban J connectivity index is 1.99. The van der Waals surface area contributed by atoms with Gasteiger partial charge >= 0.3 is 0 Å². The zero-order valence-corrected chi connectivity index (χ0v) is 10.2. The van der Waals surface area contributed by atoms with Gasteiger partial charge in [-0.05, 0) is 30.4 Å². The number of piperidine rings is 1. The highest BCUT2D eigenvalue weighted by atomic mass is 19.1. The van der Waals surface area contributed by atoms with E-state index in [0.717, 1.165) is 19.5 Å². The summed E-state index contributed by atoms with van der Waals surface area (Å²) in [5.41, 5.74) is 0.496. The van der Waals surface area contributed by atoms with Crippen molar-refractivity contribution in [2.24, 2.45) is 5.92 Å². The van der Waals surface area contributed by atoms with Crippen LogP contribution in [-0.4, -0.2) is 23.9 Å². The van der Waals surface area contributed by atoms with Crippen LogP contribution < -0.4 is 0 Å². The predicted octanol–water partition coefficient (Wildman–Crippen LogP) is 2.63. The smallest absolute Gasteiger partial charge is 0.227 e. The van der Waals surface area contributed by atoms with Crippen LogP contribution in [0.2, 0.25) is 0 Å². The quantitative estimate of drug-likeness (QED) is 0.771. The third kappa shape index (κ3) is 3.05. The lowest BCUT2D eigenvalue weighted by Gasteiger charge is -2.31. The Labute approximate surface area is 101 Å². The fourth-order valence-corrected chi connectivity index (χ4v) is 2.33. The molecule has 1 aliphatic rings. The molecule has 1 saturated heterocycles. The summed E-state index contributed by atoms with van der Waals surface area (Å²) in [6.45, 7) is 3.79. The molecule has 1 amide bonds. The van der Waals surface area contributed by atoms with Crippen molar-refractivity contribution >= 4 is 5.91 Å². The molecule has 92 valence electrons. The minimum atomic E-state index is -0.286. The zero-order valence-electron chi connectivity index (χ0n) is 10.2. The molecule has 2 nitrogen and oxygen atoms in total. The standard InChI is InChI=1S/C14H18FNO/c1-11-5-4-8-16(10-11)14(17)9-12-6-2-3-7-13(12)15/h2-3,6-7,11H,4-5,8-10H2,1H3. The summed E-state index contributed by atoms with van der Waals surface area (Å²) in [5.74, 6) is 0.320. The molecule has 1 aromatic rings. The Morgan fingerprint density at radius 2 is 2.24 bits per heavy atom. The summed E-state index contributed by atoms with van der Waals surface area (Å²) in [7, 11) is 0. The number of carbonyl (C=O) groups is 1. The molecular weight excluding hydrogens is 217 g/mol. The van der Waals surface area contributed by atoms with Crippen molar-refractivity contribution in [3.8, 4) is 0 Å². The molecule has 0 aromatic heterocycles. The number of hydrogen-bond donors (Lipinski definition) is 0. The van der Waals surface area contributed by atoms with Crippen LogP contribution in [0.1, 0.15) is 25.3 Å². The number of benzene rings is 1. The molecule has 0 aliphatic carbocycles. The molecule has 1 heterocycles. The van der Waals surface area contributed by atoms with Crippen LogP contribution in [0, 0.1) is 11.7 Å². The molecule has 1 fully saturated rings. The summed E-state index contributed by atoms with van der Waals surface area (Å²) in [4.78, 5) is 13.9. The van der Waals surface area contributed by atoms with Crippen LogP contribution in [-0.2, 0) is 11.2 Å². The fourth-order valence-electron chi connectivity index (χ4n) is 2.33. The highest BCUT2D eigenvalue weighted by Gasteiger charge is 2.21. The van der Waals surface area contributed by atoms with Gasteiger partial charge in [-0.3, -0.25) is 4.79 Å². The van der Waals surface area contributed by atoms with Crippen LogP contribution in [0.4, 0.5) is 4.39 Å². The van der Waals surface area contributed by atoms with E-state index in [2.05, 4.69) is 6.92 Å². The Morgan fingerprint density at radius 3 is 2.94 bits per heavy atom. The van der Waals surface area contributed by atoms with Gasteiger partial charge in [-0.1, -0.05) is 25.1 Å². The third-order valence-electron chi connectivity index (χ3n) is 3.31. The second-order valence-electron chi connectivity index (χ2n) is 4.86. The maximum absolute atomic E-state index is 13.4. The van der Waals surface area contributed by atoms with Gasteiger partial charge in [-0.15, -0.1) is 0 Å². The first-order valence-electron chi connectivity index (χ1n) is 6.18. The molecule has 17 heavy (non-hydrogen) atoms. The highest BCUT2D eigenvalue weighted by molar-refractivity contribution is 5.78. The number of likely N-dealkylation sites (tertiary alicyclic amines) is 1. The van der Waals surface area contributed by atoms with Crippen LogP contribution in [0.3, 0.4) is 0 Å². The lowest BCUT2D eigenvalue weighted by molar-refractivity contribution is -0.132. The van der Waals surface area contributed by atoms with Crippen molar-refractivity contribution in [3.05, 3.63) is 35.6 Å². The van der Waals surface area contributed by atoms with Crippen molar-refractivity contribution < 1.29 is 9.18 Å². The Hall–Kier alpha value is -1.38. The van der Waals surface area contributed by atoms with Gasteiger partial charge in [-0.2, -0.15) is 0 Å². The molecule has 0 N–H and O–H groups in total. The Bertz CT molecular complexity index is 405. The SMILES string of the molecule is CC1CCCN(C(=O)Cc2ccccc2F)C1. The lowest BCUT2D eigenvalue weighted by Crippen LogP contribution is -2.40. The molecule has 3 heteroatoms. The molecule has 0 radical (unpaired) electrons. The van der Waals surface area contributed by atoms with E-state index in [1.807, 2.05) is 4.90 Å². The van der Waals surface area contributed by atoms with Gasteiger partial charge < -0.3 is 4.90 Å². The van der Waals surface area contributed by atoms with Crippen molar-refractivity contribution in [2.75, 3.05) is 13.1 Å². The molecule has 1 aromatic carbocycles. The van der Waals surface area contributed by atoms with Gasteiger partial charge in [0.25, 0.3) is 0 Å². The highest BCUT2D eigenvalue weighted by Crippen LogP contribution is 2.17.